The molecule has 0 aliphatic heterocycles. The maximum absolute atomic E-state index is 11.1. The van der Waals surface area contributed by atoms with E-state index in [1.54, 1.807) is 0 Å². The van der Waals surface area contributed by atoms with Crippen molar-refractivity contribution in [3.8, 4) is 0 Å². The van der Waals surface area contributed by atoms with E-state index in [4.69, 9.17) is 10.5 Å². The first-order valence-electron chi connectivity index (χ1n) is 5.43. The van der Waals surface area contributed by atoms with Gasteiger partial charge in [-0.25, -0.2) is 4.79 Å². The Hall–Kier alpha value is -0.770. The van der Waals surface area contributed by atoms with E-state index in [1.165, 1.54) is 25.7 Å². The van der Waals surface area contributed by atoms with Crippen LogP contribution in [0.25, 0.3) is 0 Å². The van der Waals surface area contributed by atoms with Crippen molar-refractivity contribution in [1.82, 2.24) is 5.32 Å². The molecule has 0 spiro atoms. The largest absolute Gasteiger partial charge is 0.449 e. The van der Waals surface area contributed by atoms with Gasteiger partial charge in [0.05, 0.1) is 6.61 Å². The molecule has 1 fully saturated rings. The highest BCUT2D eigenvalue weighted by Crippen LogP contribution is 2.24. The summed E-state index contributed by atoms with van der Waals surface area (Å²) in [6.45, 7) is 1.79. The van der Waals surface area contributed by atoms with Gasteiger partial charge in [-0.2, -0.15) is 0 Å². The fourth-order valence-corrected chi connectivity index (χ4v) is 1.71. The van der Waals surface area contributed by atoms with Gasteiger partial charge in [-0.15, -0.1) is 0 Å². The zero-order chi connectivity index (χ0) is 10.2. The fourth-order valence-electron chi connectivity index (χ4n) is 1.71. The molecule has 4 nitrogen and oxygen atoms in total. The summed E-state index contributed by atoms with van der Waals surface area (Å²) >= 11 is 0. The summed E-state index contributed by atoms with van der Waals surface area (Å²) in [6.07, 6.45) is 5.47. The lowest BCUT2D eigenvalue weighted by Gasteiger charge is -2.10. The minimum atomic E-state index is -0.301. The number of ether oxygens (including phenoxy) is 1. The van der Waals surface area contributed by atoms with E-state index in [0.29, 0.717) is 25.6 Å². The van der Waals surface area contributed by atoms with Crippen molar-refractivity contribution in [2.45, 2.75) is 32.1 Å². The van der Waals surface area contributed by atoms with Crippen LogP contribution < -0.4 is 11.1 Å². The van der Waals surface area contributed by atoms with E-state index >= 15 is 0 Å². The number of carbonyl (C=O) groups is 1. The van der Waals surface area contributed by atoms with Crippen LogP contribution in [-0.2, 0) is 4.74 Å². The Morgan fingerprint density at radius 1 is 1.43 bits per heavy atom. The van der Waals surface area contributed by atoms with Crippen molar-refractivity contribution in [1.29, 1.82) is 0 Å². The monoisotopic (exact) mass is 200 g/mol. The average molecular weight is 200 g/mol. The van der Waals surface area contributed by atoms with Gasteiger partial charge in [0.15, 0.2) is 0 Å². The average Bonchev–Trinajstić information content (AvgIpc) is 2.68. The topological polar surface area (TPSA) is 64.3 Å². The molecule has 14 heavy (non-hydrogen) atoms. The van der Waals surface area contributed by atoms with E-state index in [2.05, 4.69) is 5.32 Å². The molecule has 3 N–H and O–H groups in total. The molecule has 0 heterocycles. The summed E-state index contributed by atoms with van der Waals surface area (Å²) in [5.74, 6) is 0.593. The van der Waals surface area contributed by atoms with Crippen molar-refractivity contribution in [2.24, 2.45) is 11.7 Å². The molecule has 0 saturated heterocycles. The van der Waals surface area contributed by atoms with Gasteiger partial charge in [-0.3, -0.25) is 0 Å². The Labute approximate surface area is 85.2 Å². The molecular weight excluding hydrogens is 180 g/mol. The minimum absolute atomic E-state index is 0.301. The summed E-state index contributed by atoms with van der Waals surface area (Å²) in [5, 5.41) is 2.67. The number of nitrogens with two attached hydrogens (primary N) is 1. The minimum Gasteiger partial charge on any atom is -0.449 e. The highest BCUT2D eigenvalue weighted by atomic mass is 16.5. The Balaban J connectivity index is 1.96. The summed E-state index contributed by atoms with van der Waals surface area (Å²) in [5.41, 5.74) is 5.30. The summed E-state index contributed by atoms with van der Waals surface area (Å²) in [6, 6.07) is 0. The quantitative estimate of drug-likeness (QED) is 0.656. The number of hydrogen-bond acceptors (Lipinski definition) is 3. The van der Waals surface area contributed by atoms with Crippen LogP contribution in [0.5, 0.6) is 0 Å². The highest BCUT2D eigenvalue weighted by Gasteiger charge is 2.16. The zero-order valence-corrected chi connectivity index (χ0v) is 8.63. The molecule has 0 atom stereocenters. The van der Waals surface area contributed by atoms with Crippen LogP contribution in [0.2, 0.25) is 0 Å². The Kier molecular flexibility index (Phi) is 5.37. The standard InChI is InChI=1S/C10H20N2O2/c11-6-3-7-12-10(13)14-8-9-4-1-2-5-9/h9H,1-8,11H2,(H,12,13). The lowest BCUT2D eigenvalue weighted by Crippen LogP contribution is -2.28. The number of alkyl carbamates (subject to hydrolysis) is 1. The van der Waals surface area contributed by atoms with Crippen molar-refractivity contribution in [2.75, 3.05) is 19.7 Å². The molecule has 82 valence electrons. The number of nitrogens with one attached hydrogen (secondary N) is 1. The fraction of sp³-hybridized carbons (Fsp3) is 0.900. The molecule has 1 aliphatic rings. The van der Waals surface area contributed by atoms with Gasteiger partial charge in [0.25, 0.3) is 0 Å². The summed E-state index contributed by atoms with van der Waals surface area (Å²) in [4.78, 5) is 11.1. The maximum Gasteiger partial charge on any atom is 0.407 e. The third kappa shape index (κ3) is 4.46. The van der Waals surface area contributed by atoms with Gasteiger partial charge in [0.2, 0.25) is 0 Å². The third-order valence-electron chi connectivity index (χ3n) is 2.58. The molecule has 0 bridgehead atoms. The number of carbonyl (C=O) groups excluding carboxylic acids is 1. The van der Waals surface area contributed by atoms with E-state index in [0.717, 1.165) is 6.42 Å². The van der Waals surface area contributed by atoms with Crippen LogP contribution in [0.15, 0.2) is 0 Å². The van der Waals surface area contributed by atoms with Crippen LogP contribution in [0.3, 0.4) is 0 Å². The van der Waals surface area contributed by atoms with Crippen LogP contribution in [0.1, 0.15) is 32.1 Å². The molecule has 0 aromatic rings. The van der Waals surface area contributed by atoms with E-state index in [9.17, 15) is 4.79 Å². The lowest BCUT2D eigenvalue weighted by molar-refractivity contribution is 0.127. The van der Waals surface area contributed by atoms with E-state index in [1.807, 2.05) is 0 Å². The first kappa shape index (κ1) is 11.3. The Morgan fingerprint density at radius 3 is 2.79 bits per heavy atom. The molecule has 0 aromatic carbocycles. The predicted molar refractivity (Wildman–Crippen MR) is 55.0 cm³/mol. The first-order chi connectivity index (χ1) is 6.83. The molecule has 1 amide bonds. The zero-order valence-electron chi connectivity index (χ0n) is 8.63. The van der Waals surface area contributed by atoms with Crippen LogP contribution >= 0.6 is 0 Å². The van der Waals surface area contributed by atoms with Crippen molar-refractivity contribution >= 4 is 6.09 Å². The molecule has 0 unspecified atom stereocenters. The Bertz CT molecular complexity index is 168. The second kappa shape index (κ2) is 6.65. The number of amides is 1. The van der Waals surface area contributed by atoms with Crippen molar-refractivity contribution < 1.29 is 9.53 Å². The summed E-state index contributed by atoms with van der Waals surface area (Å²) < 4.78 is 5.08. The van der Waals surface area contributed by atoms with Gasteiger partial charge in [-0.1, -0.05) is 12.8 Å². The molecule has 1 saturated carbocycles. The third-order valence-corrected chi connectivity index (χ3v) is 2.58. The molecule has 4 heteroatoms. The van der Waals surface area contributed by atoms with Gasteiger partial charge in [0.1, 0.15) is 0 Å². The number of hydrogen-bond donors (Lipinski definition) is 2. The van der Waals surface area contributed by atoms with Crippen LogP contribution in [-0.4, -0.2) is 25.8 Å². The second-order valence-electron chi connectivity index (χ2n) is 3.82. The van der Waals surface area contributed by atoms with E-state index in [-0.39, 0.29) is 6.09 Å². The number of rotatable bonds is 5. The predicted octanol–water partition coefficient (Wildman–Crippen LogP) is 1.25. The van der Waals surface area contributed by atoms with Gasteiger partial charge < -0.3 is 15.8 Å². The van der Waals surface area contributed by atoms with Crippen molar-refractivity contribution in [3.05, 3.63) is 0 Å². The SMILES string of the molecule is NCCCNC(=O)OCC1CCCC1. The second-order valence-corrected chi connectivity index (χ2v) is 3.82. The van der Waals surface area contributed by atoms with Crippen LogP contribution in [0, 0.1) is 5.92 Å². The molecule has 1 rings (SSSR count). The van der Waals surface area contributed by atoms with E-state index < -0.39 is 0 Å². The van der Waals surface area contributed by atoms with Gasteiger partial charge in [0, 0.05) is 6.54 Å². The molecular formula is C10H20N2O2. The summed E-state index contributed by atoms with van der Waals surface area (Å²) in [7, 11) is 0. The molecule has 0 aromatic heterocycles. The maximum atomic E-state index is 11.1. The molecule has 0 radical (unpaired) electrons. The normalized spacial score (nSPS) is 16.9. The van der Waals surface area contributed by atoms with Gasteiger partial charge in [-0.05, 0) is 31.7 Å². The highest BCUT2D eigenvalue weighted by molar-refractivity contribution is 5.67. The molecule has 1 aliphatic carbocycles. The van der Waals surface area contributed by atoms with Crippen molar-refractivity contribution in [3.63, 3.8) is 0 Å². The van der Waals surface area contributed by atoms with Crippen LogP contribution in [0.4, 0.5) is 4.79 Å². The lowest BCUT2D eigenvalue weighted by atomic mass is 10.1. The Morgan fingerprint density at radius 2 is 2.14 bits per heavy atom. The van der Waals surface area contributed by atoms with Gasteiger partial charge >= 0.3 is 6.09 Å². The smallest absolute Gasteiger partial charge is 0.407 e. The first-order valence-corrected chi connectivity index (χ1v) is 5.43.